The van der Waals surface area contributed by atoms with Gasteiger partial charge in [-0.15, -0.1) is 0 Å². The smallest absolute Gasteiger partial charge is 0.310 e. The highest BCUT2D eigenvalue weighted by Crippen LogP contribution is 2.25. The van der Waals surface area contributed by atoms with E-state index in [1.165, 1.54) is 12.1 Å². The van der Waals surface area contributed by atoms with Crippen molar-refractivity contribution in [3.8, 4) is 5.75 Å². The third-order valence-electron chi connectivity index (χ3n) is 3.87. The van der Waals surface area contributed by atoms with Crippen LogP contribution in [0.1, 0.15) is 20.8 Å². The number of carbonyl (C=O) groups is 1. The molecular formula is C19H23N3O4. The average molecular weight is 357 g/mol. The second kappa shape index (κ2) is 8.84. The number of ether oxygens (including phenoxy) is 1. The van der Waals surface area contributed by atoms with Crippen molar-refractivity contribution in [2.45, 2.75) is 26.8 Å². The molecule has 0 fully saturated rings. The summed E-state index contributed by atoms with van der Waals surface area (Å²) in [5.74, 6) is -0.314. The third kappa shape index (κ3) is 4.95. The lowest BCUT2D eigenvalue weighted by Gasteiger charge is -2.27. The van der Waals surface area contributed by atoms with Gasteiger partial charge in [0.05, 0.1) is 4.92 Å². The normalized spacial score (nSPS) is 10.5. The van der Waals surface area contributed by atoms with Gasteiger partial charge in [-0.3, -0.25) is 14.9 Å². The Morgan fingerprint density at radius 1 is 1.19 bits per heavy atom. The standard InChI is InChI=1S/C19H23N3O4/c1-4-21(14(2)3)16-11-9-15(10-12-16)20-19(23)13-26-18-8-6-5-7-17(18)22(24)25/h5-12,14H,4,13H2,1-3H3,(H,20,23). The van der Waals surface area contributed by atoms with Crippen LogP contribution in [-0.2, 0) is 4.79 Å². The van der Waals surface area contributed by atoms with E-state index in [1.54, 1.807) is 12.1 Å². The maximum atomic E-state index is 12.0. The van der Waals surface area contributed by atoms with Crippen molar-refractivity contribution in [2.24, 2.45) is 0 Å². The molecule has 0 aliphatic heterocycles. The van der Waals surface area contributed by atoms with E-state index in [2.05, 4.69) is 31.0 Å². The summed E-state index contributed by atoms with van der Waals surface area (Å²) in [6.45, 7) is 6.93. The van der Waals surface area contributed by atoms with Crippen LogP contribution in [-0.4, -0.2) is 30.0 Å². The first-order chi connectivity index (χ1) is 12.4. The van der Waals surface area contributed by atoms with Crippen LogP contribution in [0, 0.1) is 10.1 Å². The summed E-state index contributed by atoms with van der Waals surface area (Å²) in [6.07, 6.45) is 0. The van der Waals surface area contributed by atoms with Crippen molar-refractivity contribution >= 4 is 23.0 Å². The number of carbonyl (C=O) groups excluding carboxylic acids is 1. The molecule has 0 saturated carbocycles. The molecule has 0 spiro atoms. The molecule has 0 saturated heterocycles. The predicted molar refractivity (Wildman–Crippen MR) is 102 cm³/mol. The van der Waals surface area contributed by atoms with E-state index in [1.807, 2.05) is 24.3 Å². The Morgan fingerprint density at radius 3 is 2.42 bits per heavy atom. The van der Waals surface area contributed by atoms with Crippen molar-refractivity contribution in [1.82, 2.24) is 0 Å². The highest BCUT2D eigenvalue weighted by molar-refractivity contribution is 5.92. The number of nitro benzene ring substituents is 1. The molecule has 0 aliphatic rings. The molecule has 0 aromatic heterocycles. The lowest BCUT2D eigenvalue weighted by Crippen LogP contribution is -2.30. The molecular weight excluding hydrogens is 334 g/mol. The molecule has 2 aromatic rings. The number of hydrogen-bond donors (Lipinski definition) is 1. The van der Waals surface area contributed by atoms with E-state index in [4.69, 9.17) is 4.74 Å². The van der Waals surface area contributed by atoms with E-state index in [-0.39, 0.29) is 24.0 Å². The molecule has 0 radical (unpaired) electrons. The van der Waals surface area contributed by atoms with Gasteiger partial charge in [-0.05, 0) is 51.1 Å². The Morgan fingerprint density at radius 2 is 1.85 bits per heavy atom. The van der Waals surface area contributed by atoms with E-state index < -0.39 is 4.92 Å². The van der Waals surface area contributed by atoms with Gasteiger partial charge >= 0.3 is 5.69 Å². The number of nitrogens with one attached hydrogen (secondary N) is 1. The fourth-order valence-corrected chi connectivity index (χ4v) is 2.65. The maximum absolute atomic E-state index is 12.0. The summed E-state index contributed by atoms with van der Waals surface area (Å²) < 4.78 is 5.28. The molecule has 0 unspecified atom stereocenters. The SMILES string of the molecule is CCN(c1ccc(NC(=O)COc2ccccc2[N+](=O)[O-])cc1)C(C)C. The first-order valence-electron chi connectivity index (χ1n) is 8.45. The van der Waals surface area contributed by atoms with E-state index in [0.29, 0.717) is 11.7 Å². The first-order valence-corrected chi connectivity index (χ1v) is 8.45. The molecule has 0 heterocycles. The van der Waals surface area contributed by atoms with E-state index in [0.717, 1.165) is 12.2 Å². The summed E-state index contributed by atoms with van der Waals surface area (Å²) >= 11 is 0. The molecule has 0 aliphatic carbocycles. The zero-order valence-electron chi connectivity index (χ0n) is 15.1. The Labute approximate surface area is 152 Å². The summed E-state index contributed by atoms with van der Waals surface area (Å²) in [7, 11) is 0. The van der Waals surface area contributed by atoms with Crippen molar-refractivity contribution in [3.63, 3.8) is 0 Å². The number of benzene rings is 2. The molecule has 7 nitrogen and oxygen atoms in total. The van der Waals surface area contributed by atoms with Crippen LogP contribution in [0.15, 0.2) is 48.5 Å². The summed E-state index contributed by atoms with van der Waals surface area (Å²) in [5.41, 5.74) is 1.55. The van der Waals surface area contributed by atoms with Crippen LogP contribution < -0.4 is 15.0 Å². The number of rotatable bonds is 8. The first kappa shape index (κ1) is 19.2. The van der Waals surface area contributed by atoms with Gasteiger partial charge < -0.3 is 15.0 Å². The quantitative estimate of drug-likeness (QED) is 0.573. The summed E-state index contributed by atoms with van der Waals surface area (Å²) in [6, 6.07) is 13.9. The number of amides is 1. The van der Waals surface area contributed by atoms with Gasteiger partial charge in [-0.25, -0.2) is 0 Å². The van der Waals surface area contributed by atoms with Crippen LogP contribution in [0.4, 0.5) is 17.1 Å². The van der Waals surface area contributed by atoms with Gasteiger partial charge in [-0.2, -0.15) is 0 Å². The fraction of sp³-hybridized carbons (Fsp3) is 0.316. The van der Waals surface area contributed by atoms with Crippen LogP contribution >= 0.6 is 0 Å². The molecule has 1 N–H and O–H groups in total. The third-order valence-corrected chi connectivity index (χ3v) is 3.87. The van der Waals surface area contributed by atoms with Gasteiger partial charge in [0.15, 0.2) is 12.4 Å². The minimum Gasteiger partial charge on any atom is -0.477 e. The second-order valence-corrected chi connectivity index (χ2v) is 5.99. The van der Waals surface area contributed by atoms with Crippen LogP contribution in [0.2, 0.25) is 0 Å². The minimum absolute atomic E-state index is 0.0681. The van der Waals surface area contributed by atoms with Gasteiger partial charge in [0.1, 0.15) is 0 Å². The van der Waals surface area contributed by atoms with Gasteiger partial charge in [0, 0.05) is 30.0 Å². The highest BCUT2D eigenvalue weighted by Gasteiger charge is 2.15. The lowest BCUT2D eigenvalue weighted by molar-refractivity contribution is -0.385. The summed E-state index contributed by atoms with van der Waals surface area (Å²) in [4.78, 5) is 24.7. The van der Waals surface area contributed by atoms with Crippen LogP contribution in [0.25, 0.3) is 0 Å². The van der Waals surface area contributed by atoms with Gasteiger partial charge in [0.25, 0.3) is 5.91 Å². The second-order valence-electron chi connectivity index (χ2n) is 5.99. The molecule has 0 atom stereocenters. The van der Waals surface area contributed by atoms with Gasteiger partial charge in [-0.1, -0.05) is 12.1 Å². The van der Waals surface area contributed by atoms with Gasteiger partial charge in [0.2, 0.25) is 0 Å². The topological polar surface area (TPSA) is 84.7 Å². The number of nitrogens with zero attached hydrogens (tertiary/aromatic N) is 2. The number of nitro groups is 1. The highest BCUT2D eigenvalue weighted by atomic mass is 16.6. The predicted octanol–water partition coefficient (Wildman–Crippen LogP) is 3.85. The summed E-state index contributed by atoms with van der Waals surface area (Å²) in [5, 5.41) is 13.7. The maximum Gasteiger partial charge on any atom is 0.310 e. The minimum atomic E-state index is -0.541. The molecule has 26 heavy (non-hydrogen) atoms. The van der Waals surface area contributed by atoms with Crippen molar-refractivity contribution in [3.05, 3.63) is 58.6 Å². The van der Waals surface area contributed by atoms with Crippen molar-refractivity contribution in [1.29, 1.82) is 0 Å². The molecule has 1 amide bonds. The molecule has 0 bridgehead atoms. The van der Waals surface area contributed by atoms with Crippen LogP contribution in [0.5, 0.6) is 5.75 Å². The van der Waals surface area contributed by atoms with Crippen LogP contribution in [0.3, 0.4) is 0 Å². The molecule has 2 aromatic carbocycles. The monoisotopic (exact) mass is 357 g/mol. The number of hydrogen-bond acceptors (Lipinski definition) is 5. The molecule has 7 heteroatoms. The average Bonchev–Trinajstić information content (AvgIpc) is 2.62. The largest absolute Gasteiger partial charge is 0.477 e. The molecule has 138 valence electrons. The lowest BCUT2D eigenvalue weighted by atomic mass is 10.2. The number of para-hydroxylation sites is 2. The van der Waals surface area contributed by atoms with E-state index >= 15 is 0 Å². The van der Waals surface area contributed by atoms with Crippen molar-refractivity contribution in [2.75, 3.05) is 23.4 Å². The van der Waals surface area contributed by atoms with Crippen molar-refractivity contribution < 1.29 is 14.5 Å². The Hall–Kier alpha value is -3.09. The number of anilines is 2. The Bertz CT molecular complexity index is 760. The fourth-order valence-electron chi connectivity index (χ4n) is 2.65. The zero-order chi connectivity index (χ0) is 19.1. The zero-order valence-corrected chi connectivity index (χ0v) is 15.1. The Kier molecular flexibility index (Phi) is 6.54. The molecule has 2 rings (SSSR count). The van der Waals surface area contributed by atoms with E-state index in [9.17, 15) is 14.9 Å². The Balaban J connectivity index is 1.95.